The minimum Gasteiger partial charge on any atom is -0.388 e. The lowest BCUT2D eigenvalue weighted by atomic mass is 9.97. The summed E-state index contributed by atoms with van der Waals surface area (Å²) in [5.41, 5.74) is 0.147. The van der Waals surface area contributed by atoms with Crippen LogP contribution in [0.1, 0.15) is 12.7 Å². The second-order valence-corrected chi connectivity index (χ2v) is 5.54. The van der Waals surface area contributed by atoms with Gasteiger partial charge in [0.1, 0.15) is 0 Å². The van der Waals surface area contributed by atoms with E-state index < -0.39 is 5.60 Å². The van der Waals surface area contributed by atoms with E-state index in [1.54, 1.807) is 6.07 Å². The standard InChI is InChI=1S/C13H14ClN3O2/c1-13(18)7-17(8-13)6-11-15-12(19-16-11)9-4-2-3-5-10(9)14/h2-5,18H,6-8H2,1H3. The van der Waals surface area contributed by atoms with Crippen LogP contribution < -0.4 is 0 Å². The van der Waals surface area contributed by atoms with E-state index in [9.17, 15) is 5.11 Å². The number of aliphatic hydroxyl groups is 1. The van der Waals surface area contributed by atoms with Crippen molar-refractivity contribution in [3.8, 4) is 11.5 Å². The largest absolute Gasteiger partial charge is 0.388 e. The van der Waals surface area contributed by atoms with Gasteiger partial charge in [-0.15, -0.1) is 0 Å². The number of hydrogen-bond acceptors (Lipinski definition) is 5. The Morgan fingerprint density at radius 2 is 2.16 bits per heavy atom. The van der Waals surface area contributed by atoms with Crippen molar-refractivity contribution < 1.29 is 9.63 Å². The summed E-state index contributed by atoms with van der Waals surface area (Å²) in [6, 6.07) is 7.35. The molecule has 3 rings (SSSR count). The zero-order valence-corrected chi connectivity index (χ0v) is 11.3. The van der Waals surface area contributed by atoms with Gasteiger partial charge in [0.05, 0.1) is 22.7 Å². The van der Waals surface area contributed by atoms with E-state index in [-0.39, 0.29) is 0 Å². The third-order valence-electron chi connectivity index (χ3n) is 3.07. The van der Waals surface area contributed by atoms with Crippen LogP contribution in [0.25, 0.3) is 11.5 Å². The SMILES string of the molecule is CC1(O)CN(Cc2noc(-c3ccccc3Cl)n2)C1. The highest BCUT2D eigenvalue weighted by molar-refractivity contribution is 6.33. The fourth-order valence-corrected chi connectivity index (χ4v) is 2.51. The number of halogens is 1. The molecule has 0 radical (unpaired) electrons. The minimum absolute atomic E-state index is 0.424. The first-order valence-corrected chi connectivity index (χ1v) is 6.43. The molecule has 1 aromatic heterocycles. The predicted octanol–water partition coefficient (Wildman–Crippen LogP) is 1.96. The van der Waals surface area contributed by atoms with Crippen molar-refractivity contribution in [1.29, 1.82) is 0 Å². The summed E-state index contributed by atoms with van der Waals surface area (Å²) in [6.07, 6.45) is 0. The van der Waals surface area contributed by atoms with Gasteiger partial charge in [0.2, 0.25) is 0 Å². The maximum atomic E-state index is 9.66. The average Bonchev–Trinajstić information content (AvgIpc) is 2.75. The van der Waals surface area contributed by atoms with Crippen molar-refractivity contribution in [3.05, 3.63) is 35.1 Å². The number of rotatable bonds is 3. The number of nitrogens with zero attached hydrogens (tertiary/aromatic N) is 3. The van der Waals surface area contributed by atoms with Gasteiger partial charge in [-0.2, -0.15) is 4.98 Å². The molecule has 6 heteroatoms. The molecular weight excluding hydrogens is 266 g/mol. The van der Waals surface area contributed by atoms with E-state index in [1.807, 2.05) is 25.1 Å². The molecule has 0 unspecified atom stereocenters. The predicted molar refractivity (Wildman–Crippen MR) is 70.6 cm³/mol. The summed E-state index contributed by atoms with van der Waals surface area (Å²) in [4.78, 5) is 6.38. The quantitative estimate of drug-likeness (QED) is 0.930. The molecule has 5 nitrogen and oxygen atoms in total. The smallest absolute Gasteiger partial charge is 0.259 e. The molecule has 1 saturated heterocycles. The Balaban J connectivity index is 1.72. The maximum Gasteiger partial charge on any atom is 0.259 e. The van der Waals surface area contributed by atoms with Gasteiger partial charge in [0, 0.05) is 13.1 Å². The zero-order chi connectivity index (χ0) is 13.5. The molecule has 0 atom stereocenters. The fourth-order valence-electron chi connectivity index (χ4n) is 2.29. The topological polar surface area (TPSA) is 62.4 Å². The summed E-state index contributed by atoms with van der Waals surface area (Å²) in [7, 11) is 0. The molecule has 19 heavy (non-hydrogen) atoms. The Labute approximate surface area is 115 Å². The molecule has 0 spiro atoms. The molecule has 0 amide bonds. The fraction of sp³-hybridized carbons (Fsp3) is 0.385. The van der Waals surface area contributed by atoms with Crippen LogP contribution in [0.4, 0.5) is 0 Å². The second kappa shape index (κ2) is 4.59. The lowest BCUT2D eigenvalue weighted by molar-refractivity contribution is -0.0882. The Kier molecular flexibility index (Phi) is 3.05. The Hall–Kier alpha value is -1.43. The number of aromatic nitrogens is 2. The molecule has 0 saturated carbocycles. The lowest BCUT2D eigenvalue weighted by Gasteiger charge is -2.43. The molecule has 1 aliphatic heterocycles. The van der Waals surface area contributed by atoms with Gasteiger partial charge in [-0.1, -0.05) is 28.9 Å². The Bertz CT molecular complexity index is 589. The lowest BCUT2D eigenvalue weighted by Crippen LogP contribution is -2.59. The van der Waals surface area contributed by atoms with Crippen molar-refractivity contribution in [1.82, 2.24) is 15.0 Å². The van der Waals surface area contributed by atoms with Crippen LogP contribution >= 0.6 is 11.6 Å². The number of likely N-dealkylation sites (tertiary alicyclic amines) is 1. The summed E-state index contributed by atoms with van der Waals surface area (Å²) in [6.45, 7) is 3.64. The molecular formula is C13H14ClN3O2. The number of hydrogen-bond donors (Lipinski definition) is 1. The first-order valence-electron chi connectivity index (χ1n) is 6.06. The van der Waals surface area contributed by atoms with E-state index in [0.29, 0.717) is 36.4 Å². The van der Waals surface area contributed by atoms with Crippen molar-refractivity contribution in [2.45, 2.75) is 19.1 Å². The number of β-amino-alcohol motifs (C(OH)–C–C–N with tert-alkyl or cyclic N) is 1. The van der Waals surface area contributed by atoms with Gasteiger partial charge < -0.3 is 9.63 Å². The van der Waals surface area contributed by atoms with Crippen LogP contribution in [0.15, 0.2) is 28.8 Å². The average molecular weight is 280 g/mol. The van der Waals surface area contributed by atoms with Gasteiger partial charge in [0.25, 0.3) is 5.89 Å². The summed E-state index contributed by atoms with van der Waals surface area (Å²) >= 11 is 6.08. The first-order chi connectivity index (χ1) is 9.03. The van der Waals surface area contributed by atoms with E-state index >= 15 is 0 Å². The van der Waals surface area contributed by atoms with E-state index in [0.717, 1.165) is 5.56 Å². The van der Waals surface area contributed by atoms with Crippen molar-refractivity contribution in [2.75, 3.05) is 13.1 Å². The Morgan fingerprint density at radius 3 is 2.84 bits per heavy atom. The van der Waals surface area contributed by atoms with Crippen LogP contribution in [-0.2, 0) is 6.54 Å². The van der Waals surface area contributed by atoms with Crippen molar-refractivity contribution in [2.24, 2.45) is 0 Å². The molecule has 1 aliphatic rings. The van der Waals surface area contributed by atoms with E-state index in [1.165, 1.54) is 0 Å². The highest BCUT2D eigenvalue weighted by atomic mass is 35.5. The van der Waals surface area contributed by atoms with Crippen LogP contribution in [0.3, 0.4) is 0 Å². The summed E-state index contributed by atoms with van der Waals surface area (Å²) in [5, 5.41) is 14.2. The third-order valence-corrected chi connectivity index (χ3v) is 3.40. The van der Waals surface area contributed by atoms with Gasteiger partial charge in [0.15, 0.2) is 5.82 Å². The summed E-state index contributed by atoms with van der Waals surface area (Å²) < 4.78 is 5.22. The molecule has 100 valence electrons. The third kappa shape index (κ3) is 2.63. The van der Waals surface area contributed by atoms with Gasteiger partial charge in [-0.25, -0.2) is 0 Å². The van der Waals surface area contributed by atoms with Crippen LogP contribution in [0.5, 0.6) is 0 Å². The van der Waals surface area contributed by atoms with Crippen LogP contribution in [0, 0.1) is 0 Å². The zero-order valence-electron chi connectivity index (χ0n) is 10.5. The van der Waals surface area contributed by atoms with Crippen molar-refractivity contribution >= 4 is 11.6 Å². The summed E-state index contributed by atoms with van der Waals surface area (Å²) in [5.74, 6) is 1.03. The van der Waals surface area contributed by atoms with Crippen molar-refractivity contribution in [3.63, 3.8) is 0 Å². The monoisotopic (exact) mass is 279 g/mol. The molecule has 2 heterocycles. The van der Waals surface area contributed by atoms with Gasteiger partial charge in [-0.3, -0.25) is 4.90 Å². The first kappa shape index (κ1) is 12.6. The van der Waals surface area contributed by atoms with Gasteiger partial charge >= 0.3 is 0 Å². The number of benzene rings is 1. The van der Waals surface area contributed by atoms with Crippen LogP contribution in [0.2, 0.25) is 5.02 Å². The molecule has 0 bridgehead atoms. The normalized spacial score (nSPS) is 18.3. The van der Waals surface area contributed by atoms with E-state index in [2.05, 4.69) is 15.0 Å². The highest BCUT2D eigenvalue weighted by Gasteiger charge is 2.36. The van der Waals surface area contributed by atoms with Crippen LogP contribution in [-0.4, -0.2) is 38.8 Å². The molecule has 2 aromatic rings. The minimum atomic E-state index is -0.588. The van der Waals surface area contributed by atoms with E-state index in [4.69, 9.17) is 16.1 Å². The molecule has 1 N–H and O–H groups in total. The highest BCUT2D eigenvalue weighted by Crippen LogP contribution is 2.27. The van der Waals surface area contributed by atoms with Gasteiger partial charge in [-0.05, 0) is 19.1 Å². The molecule has 1 aromatic carbocycles. The molecule has 1 fully saturated rings. The maximum absolute atomic E-state index is 9.66. The molecule has 0 aliphatic carbocycles. The second-order valence-electron chi connectivity index (χ2n) is 5.14. The Morgan fingerprint density at radius 1 is 1.42 bits per heavy atom.